The van der Waals surface area contributed by atoms with Crippen molar-refractivity contribution in [1.82, 2.24) is 0 Å². The monoisotopic (exact) mass is 266 g/mol. The van der Waals surface area contributed by atoms with Gasteiger partial charge in [-0.1, -0.05) is 13.8 Å². The third-order valence-corrected chi connectivity index (χ3v) is 3.05. The van der Waals surface area contributed by atoms with Crippen LogP contribution in [0.25, 0.3) is 0 Å². The van der Waals surface area contributed by atoms with E-state index < -0.39 is 0 Å². The Bertz CT molecular complexity index is 262. The van der Waals surface area contributed by atoms with Crippen LogP contribution in [0.1, 0.15) is 52.4 Å². The van der Waals surface area contributed by atoms with Gasteiger partial charge < -0.3 is 9.47 Å². The number of ether oxygens (including phenoxy) is 2. The van der Waals surface area contributed by atoms with Crippen molar-refractivity contribution in [1.29, 1.82) is 10.5 Å². The molecule has 0 aliphatic heterocycles. The maximum atomic E-state index is 8.80. The van der Waals surface area contributed by atoms with Crippen molar-refractivity contribution in [3.8, 4) is 12.1 Å². The van der Waals surface area contributed by atoms with Crippen LogP contribution in [0.5, 0.6) is 0 Å². The highest BCUT2D eigenvalue weighted by atomic mass is 16.5. The Balaban J connectivity index is 4.54. The quantitative estimate of drug-likeness (QED) is 0.507. The minimum absolute atomic E-state index is 0.185. The number of hydrogen-bond acceptors (Lipinski definition) is 4. The van der Waals surface area contributed by atoms with E-state index in [9.17, 15) is 0 Å². The van der Waals surface area contributed by atoms with Gasteiger partial charge in [0.2, 0.25) is 0 Å². The summed E-state index contributed by atoms with van der Waals surface area (Å²) in [5.74, 6) is 0. The lowest BCUT2D eigenvalue weighted by molar-refractivity contribution is -0.0306. The molecule has 0 aromatic rings. The van der Waals surface area contributed by atoms with Crippen LogP contribution in [0.2, 0.25) is 0 Å². The first kappa shape index (κ1) is 17.9. The maximum Gasteiger partial charge on any atom is 0.0621 e. The highest BCUT2D eigenvalue weighted by Gasteiger charge is 2.30. The Morgan fingerprint density at radius 1 is 0.842 bits per heavy atom. The highest BCUT2D eigenvalue weighted by Crippen LogP contribution is 2.31. The predicted molar refractivity (Wildman–Crippen MR) is 74.3 cm³/mol. The summed E-state index contributed by atoms with van der Waals surface area (Å²) in [5.41, 5.74) is -0.185. The van der Waals surface area contributed by atoms with Gasteiger partial charge in [0, 0.05) is 31.5 Å². The van der Waals surface area contributed by atoms with Gasteiger partial charge in [0.15, 0.2) is 0 Å². The lowest BCUT2D eigenvalue weighted by Gasteiger charge is -2.32. The molecule has 0 aliphatic rings. The van der Waals surface area contributed by atoms with E-state index in [1.807, 2.05) is 0 Å². The predicted octanol–water partition coefficient (Wildman–Crippen LogP) is 3.43. The minimum Gasteiger partial charge on any atom is -0.381 e. The zero-order chi connectivity index (χ0) is 14.4. The van der Waals surface area contributed by atoms with Crippen molar-refractivity contribution in [2.24, 2.45) is 5.41 Å². The van der Waals surface area contributed by atoms with Gasteiger partial charge in [0.1, 0.15) is 0 Å². The second-order valence-corrected chi connectivity index (χ2v) is 4.92. The molecule has 0 spiro atoms. The van der Waals surface area contributed by atoms with E-state index in [-0.39, 0.29) is 5.41 Å². The molecule has 108 valence electrons. The number of rotatable bonds is 12. The molecule has 4 heteroatoms. The van der Waals surface area contributed by atoms with E-state index >= 15 is 0 Å². The van der Waals surface area contributed by atoms with Crippen LogP contribution in [-0.2, 0) is 9.47 Å². The summed E-state index contributed by atoms with van der Waals surface area (Å²) in [6.07, 6.45) is 4.38. The molecule has 0 aromatic heterocycles. The molecule has 0 rings (SSSR count). The van der Waals surface area contributed by atoms with Crippen molar-refractivity contribution in [3.63, 3.8) is 0 Å². The van der Waals surface area contributed by atoms with Crippen LogP contribution in [-0.4, -0.2) is 26.4 Å². The summed E-state index contributed by atoms with van der Waals surface area (Å²) >= 11 is 0. The summed E-state index contributed by atoms with van der Waals surface area (Å²) in [6, 6.07) is 4.37. The van der Waals surface area contributed by atoms with Crippen molar-refractivity contribution in [2.75, 3.05) is 26.4 Å². The molecule has 0 radical (unpaired) electrons. The topological polar surface area (TPSA) is 66.0 Å². The molecule has 0 aromatic carbocycles. The second-order valence-electron chi connectivity index (χ2n) is 4.92. The van der Waals surface area contributed by atoms with Crippen LogP contribution in [0.15, 0.2) is 0 Å². The van der Waals surface area contributed by atoms with E-state index in [0.717, 1.165) is 25.7 Å². The van der Waals surface area contributed by atoms with Crippen LogP contribution >= 0.6 is 0 Å². The lowest BCUT2D eigenvalue weighted by atomic mass is 9.80. The van der Waals surface area contributed by atoms with E-state index in [1.165, 1.54) is 0 Å². The maximum absolute atomic E-state index is 8.80. The zero-order valence-electron chi connectivity index (χ0n) is 12.3. The third-order valence-electron chi connectivity index (χ3n) is 3.05. The van der Waals surface area contributed by atoms with Crippen LogP contribution in [0.4, 0.5) is 0 Å². The molecular formula is C15H26N2O2. The second kappa shape index (κ2) is 12.0. The van der Waals surface area contributed by atoms with Gasteiger partial charge in [0.05, 0.1) is 25.4 Å². The van der Waals surface area contributed by atoms with Crippen molar-refractivity contribution >= 4 is 0 Å². The van der Waals surface area contributed by atoms with Crippen LogP contribution in [0, 0.1) is 28.1 Å². The normalized spacial score (nSPS) is 10.9. The molecule has 0 amide bonds. The first-order valence-electron chi connectivity index (χ1n) is 7.14. The van der Waals surface area contributed by atoms with Gasteiger partial charge in [-0.15, -0.1) is 0 Å². The molecule has 0 unspecified atom stereocenters. The molecule has 0 N–H and O–H groups in total. The van der Waals surface area contributed by atoms with Gasteiger partial charge >= 0.3 is 0 Å². The lowest BCUT2D eigenvalue weighted by Crippen LogP contribution is -2.33. The van der Waals surface area contributed by atoms with Gasteiger partial charge in [-0.25, -0.2) is 0 Å². The zero-order valence-corrected chi connectivity index (χ0v) is 12.3. The molecule has 4 nitrogen and oxygen atoms in total. The van der Waals surface area contributed by atoms with Crippen molar-refractivity contribution in [3.05, 3.63) is 0 Å². The molecule has 19 heavy (non-hydrogen) atoms. The molecule has 0 fully saturated rings. The Kier molecular flexibility index (Phi) is 11.3. The number of nitrogens with zero attached hydrogens (tertiary/aromatic N) is 2. The summed E-state index contributed by atoms with van der Waals surface area (Å²) in [4.78, 5) is 0. The fourth-order valence-electron chi connectivity index (χ4n) is 1.96. The fraction of sp³-hybridized carbons (Fsp3) is 0.867. The van der Waals surface area contributed by atoms with E-state index in [1.54, 1.807) is 0 Å². The molecule has 0 saturated carbocycles. The third kappa shape index (κ3) is 8.59. The van der Waals surface area contributed by atoms with E-state index in [2.05, 4.69) is 26.0 Å². The molecule has 0 bridgehead atoms. The largest absolute Gasteiger partial charge is 0.381 e. The Labute approximate surface area is 117 Å². The average molecular weight is 266 g/mol. The SMILES string of the molecule is CCCOCC(CCC#N)(CCC#N)COCCC. The summed E-state index contributed by atoms with van der Waals surface area (Å²) in [5, 5.41) is 17.6. The van der Waals surface area contributed by atoms with Crippen molar-refractivity contribution < 1.29 is 9.47 Å². The van der Waals surface area contributed by atoms with Crippen molar-refractivity contribution in [2.45, 2.75) is 52.4 Å². The number of hydrogen-bond donors (Lipinski definition) is 0. The Morgan fingerprint density at radius 2 is 1.26 bits per heavy atom. The molecule has 0 heterocycles. The Hall–Kier alpha value is -1.10. The van der Waals surface area contributed by atoms with Gasteiger partial charge in [0.25, 0.3) is 0 Å². The highest BCUT2D eigenvalue weighted by molar-refractivity contribution is 4.87. The van der Waals surface area contributed by atoms with E-state index in [4.69, 9.17) is 20.0 Å². The van der Waals surface area contributed by atoms with Gasteiger partial charge in [-0.2, -0.15) is 10.5 Å². The van der Waals surface area contributed by atoms with Gasteiger partial charge in [-0.05, 0) is 25.7 Å². The smallest absolute Gasteiger partial charge is 0.0621 e. The minimum atomic E-state index is -0.185. The fourth-order valence-corrected chi connectivity index (χ4v) is 1.96. The summed E-state index contributed by atoms with van der Waals surface area (Å²) in [6.45, 7) is 6.73. The molecule has 0 saturated heterocycles. The first-order chi connectivity index (χ1) is 9.24. The van der Waals surface area contributed by atoms with Crippen LogP contribution in [0.3, 0.4) is 0 Å². The first-order valence-corrected chi connectivity index (χ1v) is 7.14. The molecule has 0 atom stereocenters. The molecular weight excluding hydrogens is 240 g/mol. The summed E-state index contributed by atoms with van der Waals surface area (Å²) in [7, 11) is 0. The molecule has 0 aliphatic carbocycles. The van der Waals surface area contributed by atoms with Crippen LogP contribution < -0.4 is 0 Å². The standard InChI is InChI=1S/C15H26N2O2/c1-3-11-18-13-15(7-5-9-16,8-6-10-17)14-19-12-4-2/h3-8,11-14H2,1-2H3. The summed E-state index contributed by atoms with van der Waals surface area (Å²) < 4.78 is 11.3. The van der Waals surface area contributed by atoms with Gasteiger partial charge in [-0.3, -0.25) is 0 Å². The van der Waals surface area contributed by atoms with E-state index in [0.29, 0.717) is 39.3 Å². The number of nitriles is 2. The average Bonchev–Trinajstić information content (AvgIpc) is 2.43. The Morgan fingerprint density at radius 3 is 1.58 bits per heavy atom.